The summed E-state index contributed by atoms with van der Waals surface area (Å²) in [4.78, 5) is 21.9. The van der Waals surface area contributed by atoms with Crippen LogP contribution in [0.3, 0.4) is 0 Å². The van der Waals surface area contributed by atoms with Crippen LogP contribution in [0.15, 0.2) is 12.1 Å². The number of aromatic hydroxyl groups is 1. The quantitative estimate of drug-likeness (QED) is 0.425. The molecule has 9 heteroatoms. The molecule has 2 rings (SSSR count). The second kappa shape index (κ2) is 8.78. The largest absolute Gasteiger partial charge is 0.509 e. The number of aryl methyl sites for hydroxylation is 1. The van der Waals surface area contributed by atoms with Gasteiger partial charge in [0.25, 0.3) is 0 Å². The summed E-state index contributed by atoms with van der Waals surface area (Å²) in [6.45, 7) is 13.1. The van der Waals surface area contributed by atoms with Crippen LogP contribution in [0, 0.1) is 0 Å². The van der Waals surface area contributed by atoms with Crippen LogP contribution in [-0.2, 0) is 36.2 Å². The molecule has 0 aromatic heterocycles. The van der Waals surface area contributed by atoms with Crippen molar-refractivity contribution in [3.8, 4) is 5.75 Å². The van der Waals surface area contributed by atoms with Crippen molar-refractivity contribution >= 4 is 12.3 Å². The van der Waals surface area contributed by atoms with Gasteiger partial charge in [0, 0.05) is 6.42 Å². The fraction of sp³-hybridized carbons (Fsp3) is 0.652. The number of carbonyl (C=O) groups is 2. The van der Waals surface area contributed by atoms with Crippen molar-refractivity contribution in [3.05, 3.63) is 28.8 Å². The maximum absolute atomic E-state index is 11.0. The van der Waals surface area contributed by atoms with Crippen LogP contribution < -0.4 is 0 Å². The Balaban J connectivity index is 2.21. The average Bonchev–Trinajstić information content (AvgIpc) is 2.61. The summed E-state index contributed by atoms with van der Waals surface area (Å²) in [5.41, 5.74) is 2.16. The Kier molecular flexibility index (Phi) is 7.07. The molecule has 0 amide bonds. The van der Waals surface area contributed by atoms with E-state index in [1.807, 2.05) is 53.7 Å². The lowest BCUT2D eigenvalue weighted by molar-refractivity contribution is -0.360. The van der Waals surface area contributed by atoms with Gasteiger partial charge < -0.3 is 34.3 Å². The van der Waals surface area contributed by atoms with Crippen molar-refractivity contribution in [1.29, 1.82) is 0 Å². The molecule has 1 aromatic rings. The molecule has 0 atom stereocenters. The lowest BCUT2D eigenvalue weighted by atomic mass is 9.78. The minimum atomic E-state index is -2.07. The molecule has 9 nitrogen and oxygen atoms in total. The molecule has 0 unspecified atom stereocenters. The molecule has 180 valence electrons. The molecule has 3 N–H and O–H groups in total. The zero-order valence-electron chi connectivity index (χ0n) is 19.8. The molecular weight excluding hydrogens is 420 g/mol. The summed E-state index contributed by atoms with van der Waals surface area (Å²) in [6, 6.07) is 3.95. The number of hydrogen-bond acceptors (Lipinski definition) is 7. The van der Waals surface area contributed by atoms with E-state index in [2.05, 4.69) is 9.47 Å². The molecule has 1 saturated heterocycles. The summed E-state index contributed by atoms with van der Waals surface area (Å²) >= 11 is 0. The van der Waals surface area contributed by atoms with Gasteiger partial charge in [-0.05, 0) is 40.9 Å². The first kappa shape index (κ1) is 25.7. The minimum absolute atomic E-state index is 0.260. The maximum atomic E-state index is 11.0. The van der Waals surface area contributed by atoms with E-state index in [1.54, 1.807) is 6.92 Å². The van der Waals surface area contributed by atoms with E-state index < -0.39 is 37.1 Å². The topological polar surface area (TPSA) is 132 Å². The SMILES string of the molecule is CC1(CCc2cc(C(C)(C)C)c(O)c(C(C)(C)C)c2)OCC(OC(=O)O)(OC(=O)O)CO1. The average molecular weight is 455 g/mol. The van der Waals surface area contributed by atoms with Crippen molar-refractivity contribution in [2.45, 2.75) is 83.7 Å². The Hall–Kier alpha value is -2.52. The Morgan fingerprint density at radius 2 is 1.34 bits per heavy atom. The highest BCUT2D eigenvalue weighted by molar-refractivity contribution is 5.60. The molecule has 0 aliphatic carbocycles. The highest BCUT2D eigenvalue weighted by atomic mass is 16.8. The smallest absolute Gasteiger partial charge is 0.507 e. The third kappa shape index (κ3) is 6.26. The van der Waals surface area contributed by atoms with Crippen LogP contribution in [-0.4, -0.2) is 52.4 Å². The fourth-order valence-corrected chi connectivity index (χ4v) is 3.56. The molecule has 1 aliphatic rings. The van der Waals surface area contributed by atoms with Crippen LogP contribution in [0.4, 0.5) is 9.59 Å². The first-order chi connectivity index (χ1) is 14.5. The predicted octanol–water partition coefficient (Wildman–Crippen LogP) is 4.77. The highest BCUT2D eigenvalue weighted by Crippen LogP contribution is 2.40. The summed E-state index contributed by atoms with van der Waals surface area (Å²) in [5.74, 6) is -2.88. The number of rotatable bonds is 5. The molecule has 1 aromatic carbocycles. The maximum Gasteiger partial charge on any atom is 0.509 e. The van der Waals surface area contributed by atoms with Gasteiger partial charge in [0.15, 0.2) is 5.79 Å². The molecule has 0 bridgehead atoms. The van der Waals surface area contributed by atoms with Gasteiger partial charge in [0.05, 0.1) is 0 Å². The summed E-state index contributed by atoms with van der Waals surface area (Å²) < 4.78 is 20.6. The van der Waals surface area contributed by atoms with Crippen LogP contribution in [0.2, 0.25) is 0 Å². The van der Waals surface area contributed by atoms with Crippen molar-refractivity contribution in [3.63, 3.8) is 0 Å². The van der Waals surface area contributed by atoms with Gasteiger partial charge in [-0.2, -0.15) is 0 Å². The predicted molar refractivity (Wildman–Crippen MR) is 115 cm³/mol. The first-order valence-corrected chi connectivity index (χ1v) is 10.5. The van der Waals surface area contributed by atoms with Crippen molar-refractivity contribution in [1.82, 2.24) is 0 Å². The molecule has 1 heterocycles. The number of carboxylic acid groups (broad SMARTS) is 2. The van der Waals surface area contributed by atoms with Gasteiger partial charge >= 0.3 is 18.1 Å². The molecule has 0 radical (unpaired) electrons. The van der Waals surface area contributed by atoms with Crippen LogP contribution in [0.25, 0.3) is 0 Å². The standard InChI is InChI=1S/C23H34O9/c1-20(2,3)15-10-14(11-16(17(15)24)21(4,5)6)8-9-22(7)29-12-23(13-30-22,31-18(25)26)32-19(27)28/h10-11,24H,8-9,12-13H2,1-7H3,(H,25,26)(H,27,28). The summed E-state index contributed by atoms with van der Waals surface area (Å²) in [7, 11) is 0. The zero-order chi connectivity index (χ0) is 24.5. The summed E-state index contributed by atoms with van der Waals surface area (Å²) in [5, 5.41) is 28.7. The van der Waals surface area contributed by atoms with Gasteiger partial charge in [0.2, 0.25) is 0 Å². The third-order valence-corrected chi connectivity index (χ3v) is 5.39. The number of phenolic OH excluding ortho intramolecular Hbond substituents is 1. The van der Waals surface area contributed by atoms with E-state index in [0.717, 1.165) is 16.7 Å². The second-order valence-corrected chi connectivity index (χ2v) is 10.4. The third-order valence-electron chi connectivity index (χ3n) is 5.39. The van der Waals surface area contributed by atoms with Crippen molar-refractivity contribution in [2.75, 3.05) is 13.2 Å². The summed E-state index contributed by atoms with van der Waals surface area (Å²) in [6.07, 6.45) is -2.44. The van der Waals surface area contributed by atoms with E-state index >= 15 is 0 Å². The number of benzene rings is 1. The lowest BCUT2D eigenvalue weighted by Crippen LogP contribution is -2.56. The van der Waals surface area contributed by atoms with E-state index in [-0.39, 0.29) is 10.8 Å². The van der Waals surface area contributed by atoms with E-state index in [4.69, 9.17) is 19.7 Å². The Morgan fingerprint density at radius 3 is 1.69 bits per heavy atom. The molecule has 32 heavy (non-hydrogen) atoms. The monoisotopic (exact) mass is 454 g/mol. The number of hydrogen-bond donors (Lipinski definition) is 3. The molecule has 1 fully saturated rings. The Labute approximate surface area is 188 Å². The zero-order valence-corrected chi connectivity index (χ0v) is 19.8. The van der Waals surface area contributed by atoms with Gasteiger partial charge in [-0.15, -0.1) is 0 Å². The normalized spacial score (nSPS) is 18.1. The molecular formula is C23H34O9. The Morgan fingerprint density at radius 1 is 0.938 bits per heavy atom. The molecule has 0 spiro atoms. The van der Waals surface area contributed by atoms with Gasteiger partial charge in [-0.3, -0.25) is 0 Å². The van der Waals surface area contributed by atoms with Crippen LogP contribution >= 0.6 is 0 Å². The van der Waals surface area contributed by atoms with E-state index in [9.17, 15) is 14.7 Å². The van der Waals surface area contributed by atoms with Gasteiger partial charge in [-0.25, -0.2) is 9.59 Å². The second-order valence-electron chi connectivity index (χ2n) is 10.4. The fourth-order valence-electron chi connectivity index (χ4n) is 3.56. The number of ether oxygens (including phenoxy) is 4. The molecule has 0 saturated carbocycles. The number of phenols is 1. The minimum Gasteiger partial charge on any atom is -0.507 e. The van der Waals surface area contributed by atoms with Crippen LogP contribution in [0.1, 0.15) is 71.6 Å². The lowest BCUT2D eigenvalue weighted by Gasteiger charge is -2.42. The van der Waals surface area contributed by atoms with Crippen molar-refractivity contribution in [2.24, 2.45) is 0 Å². The van der Waals surface area contributed by atoms with Crippen LogP contribution in [0.5, 0.6) is 5.75 Å². The van der Waals surface area contributed by atoms with Crippen molar-refractivity contribution < 1.29 is 43.9 Å². The van der Waals surface area contributed by atoms with Gasteiger partial charge in [0.1, 0.15) is 19.0 Å². The van der Waals surface area contributed by atoms with E-state index in [0.29, 0.717) is 18.6 Å². The highest BCUT2D eigenvalue weighted by Gasteiger charge is 2.48. The Bertz CT molecular complexity index is 800. The van der Waals surface area contributed by atoms with E-state index in [1.165, 1.54) is 0 Å². The van der Waals surface area contributed by atoms with Gasteiger partial charge in [-0.1, -0.05) is 53.7 Å². The molecule has 1 aliphatic heterocycles. The first-order valence-electron chi connectivity index (χ1n) is 10.5.